The number of hydrogen-bond donors (Lipinski definition) is 0. The molecule has 3 aliphatic rings. The van der Waals surface area contributed by atoms with Crippen molar-refractivity contribution < 1.29 is 4.74 Å². The molecule has 0 amide bonds. The number of anilines is 1. The highest BCUT2D eigenvalue weighted by atomic mass is 16.5. The van der Waals surface area contributed by atoms with E-state index >= 15 is 0 Å². The second-order valence-electron chi connectivity index (χ2n) is 6.95. The molecule has 5 nitrogen and oxygen atoms in total. The molecule has 0 unspecified atom stereocenters. The Labute approximate surface area is 142 Å². The quantitative estimate of drug-likeness (QED) is 0.847. The number of fused-ring (bicyclic) bond motifs is 3. The van der Waals surface area contributed by atoms with Gasteiger partial charge in [-0.1, -0.05) is 24.3 Å². The van der Waals surface area contributed by atoms with Crippen LogP contribution < -0.4 is 4.90 Å². The molecule has 1 aromatic heterocycles. The van der Waals surface area contributed by atoms with Crippen molar-refractivity contribution in [3.63, 3.8) is 0 Å². The molecule has 2 aliphatic heterocycles. The minimum atomic E-state index is 0.504. The largest absolute Gasteiger partial charge is 0.379 e. The summed E-state index contributed by atoms with van der Waals surface area (Å²) < 4.78 is 5.58. The fourth-order valence-electron chi connectivity index (χ4n) is 4.77. The molecular weight excluding hydrogens is 300 g/mol. The van der Waals surface area contributed by atoms with Gasteiger partial charge in [-0.25, -0.2) is 9.97 Å². The van der Waals surface area contributed by atoms with Crippen LogP contribution in [0.4, 0.5) is 5.95 Å². The van der Waals surface area contributed by atoms with Gasteiger partial charge in [0.2, 0.25) is 5.95 Å². The predicted molar refractivity (Wildman–Crippen MR) is 92.1 cm³/mol. The van der Waals surface area contributed by atoms with Crippen LogP contribution in [0.2, 0.25) is 0 Å². The van der Waals surface area contributed by atoms with E-state index in [1.165, 1.54) is 11.1 Å². The SMILES string of the molecule is c1cnc(N2C[C@H]3[C@@H](C2)c2ccccc2[C@@H]3N2CCOCC2)nc1. The number of morpholine rings is 1. The molecule has 2 saturated heterocycles. The van der Waals surface area contributed by atoms with E-state index in [0.717, 1.165) is 45.3 Å². The molecule has 5 heteroatoms. The Bertz CT molecular complexity index is 716. The highest BCUT2D eigenvalue weighted by Crippen LogP contribution is 2.52. The van der Waals surface area contributed by atoms with Crippen LogP contribution in [0, 0.1) is 5.92 Å². The minimum Gasteiger partial charge on any atom is -0.379 e. The molecule has 0 spiro atoms. The molecule has 3 atom stereocenters. The van der Waals surface area contributed by atoms with Crippen LogP contribution in [0.1, 0.15) is 23.1 Å². The van der Waals surface area contributed by atoms with Crippen LogP contribution in [-0.2, 0) is 4.74 Å². The summed E-state index contributed by atoms with van der Waals surface area (Å²) >= 11 is 0. The zero-order valence-electron chi connectivity index (χ0n) is 13.7. The summed E-state index contributed by atoms with van der Waals surface area (Å²) in [5, 5.41) is 0. The molecule has 2 fully saturated rings. The first kappa shape index (κ1) is 14.4. The lowest BCUT2D eigenvalue weighted by atomic mass is 9.93. The smallest absolute Gasteiger partial charge is 0.225 e. The average molecular weight is 322 g/mol. The lowest BCUT2D eigenvalue weighted by Gasteiger charge is -2.36. The van der Waals surface area contributed by atoms with Crippen molar-refractivity contribution in [3.8, 4) is 0 Å². The molecule has 0 radical (unpaired) electrons. The number of ether oxygens (including phenoxy) is 1. The molecule has 3 heterocycles. The zero-order valence-corrected chi connectivity index (χ0v) is 13.7. The van der Waals surface area contributed by atoms with Crippen molar-refractivity contribution in [1.29, 1.82) is 0 Å². The number of nitrogens with zero attached hydrogens (tertiary/aromatic N) is 4. The van der Waals surface area contributed by atoms with Gasteiger partial charge in [-0.05, 0) is 17.2 Å². The maximum atomic E-state index is 5.58. The molecule has 1 aromatic carbocycles. The van der Waals surface area contributed by atoms with Gasteiger partial charge in [0.1, 0.15) is 0 Å². The molecule has 24 heavy (non-hydrogen) atoms. The van der Waals surface area contributed by atoms with Crippen LogP contribution in [-0.4, -0.2) is 54.3 Å². The molecule has 0 bridgehead atoms. The van der Waals surface area contributed by atoms with Crippen molar-refractivity contribution >= 4 is 5.95 Å². The Morgan fingerprint density at radius 3 is 2.46 bits per heavy atom. The second-order valence-corrected chi connectivity index (χ2v) is 6.95. The monoisotopic (exact) mass is 322 g/mol. The summed E-state index contributed by atoms with van der Waals surface area (Å²) in [5.74, 6) is 2.06. The lowest BCUT2D eigenvalue weighted by Crippen LogP contribution is -2.41. The van der Waals surface area contributed by atoms with E-state index in [-0.39, 0.29) is 0 Å². The Morgan fingerprint density at radius 1 is 0.917 bits per heavy atom. The van der Waals surface area contributed by atoms with Gasteiger partial charge in [-0.15, -0.1) is 0 Å². The van der Waals surface area contributed by atoms with E-state index in [0.29, 0.717) is 17.9 Å². The molecular formula is C19H22N4O. The molecule has 124 valence electrons. The third-order valence-electron chi connectivity index (χ3n) is 5.76. The molecule has 0 saturated carbocycles. The van der Waals surface area contributed by atoms with Crippen LogP contribution >= 0.6 is 0 Å². The Hall–Kier alpha value is -1.98. The highest BCUT2D eigenvalue weighted by molar-refractivity contribution is 5.46. The third kappa shape index (κ3) is 2.23. The van der Waals surface area contributed by atoms with Crippen LogP contribution in [0.25, 0.3) is 0 Å². The van der Waals surface area contributed by atoms with Gasteiger partial charge in [-0.2, -0.15) is 0 Å². The fraction of sp³-hybridized carbons (Fsp3) is 0.474. The van der Waals surface area contributed by atoms with Crippen molar-refractivity contribution in [2.24, 2.45) is 5.92 Å². The number of aromatic nitrogens is 2. The van der Waals surface area contributed by atoms with E-state index < -0.39 is 0 Å². The van der Waals surface area contributed by atoms with E-state index in [1.54, 1.807) is 0 Å². The average Bonchev–Trinajstić information content (AvgIpc) is 3.20. The van der Waals surface area contributed by atoms with Gasteiger partial charge in [-0.3, -0.25) is 4.90 Å². The lowest BCUT2D eigenvalue weighted by molar-refractivity contribution is 0.00608. The number of hydrogen-bond acceptors (Lipinski definition) is 5. The van der Waals surface area contributed by atoms with Gasteiger partial charge in [0.15, 0.2) is 0 Å². The Kier molecular flexibility index (Phi) is 3.49. The summed E-state index contributed by atoms with van der Waals surface area (Å²) in [7, 11) is 0. The topological polar surface area (TPSA) is 41.5 Å². The Balaban J connectivity index is 1.49. The number of rotatable bonds is 2. The highest BCUT2D eigenvalue weighted by Gasteiger charge is 2.48. The van der Waals surface area contributed by atoms with Gasteiger partial charge < -0.3 is 9.64 Å². The van der Waals surface area contributed by atoms with Crippen LogP contribution in [0.15, 0.2) is 42.7 Å². The normalized spacial score (nSPS) is 29.5. The van der Waals surface area contributed by atoms with Crippen molar-refractivity contribution in [2.45, 2.75) is 12.0 Å². The third-order valence-corrected chi connectivity index (χ3v) is 5.76. The summed E-state index contributed by atoms with van der Waals surface area (Å²) in [4.78, 5) is 13.9. The van der Waals surface area contributed by atoms with Gasteiger partial charge >= 0.3 is 0 Å². The van der Waals surface area contributed by atoms with Gasteiger partial charge in [0, 0.05) is 56.5 Å². The molecule has 1 aliphatic carbocycles. The van der Waals surface area contributed by atoms with Gasteiger partial charge in [0.25, 0.3) is 0 Å². The van der Waals surface area contributed by atoms with Crippen molar-refractivity contribution in [1.82, 2.24) is 14.9 Å². The molecule has 2 aromatic rings. The van der Waals surface area contributed by atoms with E-state index in [2.05, 4.69) is 44.0 Å². The van der Waals surface area contributed by atoms with Crippen LogP contribution in [0.5, 0.6) is 0 Å². The first-order chi connectivity index (χ1) is 11.9. The summed E-state index contributed by atoms with van der Waals surface area (Å²) in [6, 6.07) is 11.4. The zero-order chi connectivity index (χ0) is 15.9. The van der Waals surface area contributed by atoms with Crippen molar-refractivity contribution in [3.05, 3.63) is 53.9 Å². The van der Waals surface area contributed by atoms with E-state index in [4.69, 9.17) is 4.74 Å². The number of benzene rings is 1. The van der Waals surface area contributed by atoms with Gasteiger partial charge in [0.05, 0.1) is 13.2 Å². The maximum Gasteiger partial charge on any atom is 0.225 e. The first-order valence-corrected chi connectivity index (χ1v) is 8.84. The van der Waals surface area contributed by atoms with E-state index in [1.807, 2.05) is 18.5 Å². The predicted octanol–water partition coefficient (Wildman–Crippen LogP) is 2.08. The second kappa shape index (κ2) is 5.83. The minimum absolute atomic E-state index is 0.504. The van der Waals surface area contributed by atoms with Crippen molar-refractivity contribution in [2.75, 3.05) is 44.3 Å². The fourth-order valence-corrected chi connectivity index (χ4v) is 4.77. The van der Waals surface area contributed by atoms with Crippen LogP contribution in [0.3, 0.4) is 0 Å². The summed E-state index contributed by atoms with van der Waals surface area (Å²) in [5.41, 5.74) is 3.06. The van der Waals surface area contributed by atoms with E-state index in [9.17, 15) is 0 Å². The summed E-state index contributed by atoms with van der Waals surface area (Å²) in [6.07, 6.45) is 3.67. The maximum absolute atomic E-state index is 5.58. The Morgan fingerprint density at radius 2 is 1.67 bits per heavy atom. The molecule has 0 N–H and O–H groups in total. The molecule has 5 rings (SSSR count). The standard InChI is InChI=1S/C19H22N4O/c1-2-5-15-14(4-1)16-12-23(19-20-6-3-7-21-19)13-17(16)18(15)22-8-10-24-11-9-22/h1-7,16-18H,8-13H2/t16-,17-,18-/m0/s1. The summed E-state index contributed by atoms with van der Waals surface area (Å²) in [6.45, 7) is 5.81. The first-order valence-electron chi connectivity index (χ1n) is 8.84.